The first-order valence-electron chi connectivity index (χ1n) is 6.13. The highest BCUT2D eigenvalue weighted by molar-refractivity contribution is 7.99. The van der Waals surface area contributed by atoms with E-state index in [1.165, 1.54) is 0 Å². The molecule has 0 atom stereocenters. The molecule has 4 rings (SSSR count). The molecule has 8 heteroatoms. The van der Waals surface area contributed by atoms with Crippen molar-refractivity contribution in [3.8, 4) is 11.4 Å². The molecule has 1 aliphatic rings. The number of thiazole rings is 1. The third-order valence-electron chi connectivity index (χ3n) is 2.95. The van der Waals surface area contributed by atoms with Crippen molar-refractivity contribution in [2.24, 2.45) is 5.10 Å². The summed E-state index contributed by atoms with van der Waals surface area (Å²) >= 11 is 9.12. The lowest BCUT2D eigenvalue weighted by Gasteiger charge is -2.12. The van der Waals surface area contributed by atoms with Crippen molar-refractivity contribution >= 4 is 40.4 Å². The first-order chi connectivity index (χ1) is 10.3. The van der Waals surface area contributed by atoms with Crippen molar-refractivity contribution in [2.45, 2.75) is 5.16 Å². The lowest BCUT2D eigenvalue weighted by atomic mass is 10.2. The van der Waals surface area contributed by atoms with Crippen LogP contribution in [0.1, 0.15) is 5.01 Å². The highest BCUT2D eigenvalue weighted by Crippen LogP contribution is 2.29. The van der Waals surface area contributed by atoms with E-state index in [-0.39, 0.29) is 0 Å². The van der Waals surface area contributed by atoms with Gasteiger partial charge in [0.25, 0.3) is 0 Å². The average molecular weight is 334 g/mol. The summed E-state index contributed by atoms with van der Waals surface area (Å²) in [6.45, 7) is 0. The Hall–Kier alpha value is -1.70. The molecule has 0 saturated carbocycles. The molecule has 21 heavy (non-hydrogen) atoms. The fourth-order valence-corrected chi connectivity index (χ4v) is 3.62. The van der Waals surface area contributed by atoms with Crippen molar-refractivity contribution in [3.05, 3.63) is 45.9 Å². The highest BCUT2D eigenvalue weighted by atomic mass is 35.5. The van der Waals surface area contributed by atoms with Crippen LogP contribution in [0.3, 0.4) is 0 Å². The highest BCUT2D eigenvalue weighted by Gasteiger charge is 2.21. The molecule has 1 aromatic carbocycles. The van der Waals surface area contributed by atoms with Gasteiger partial charge in [0.2, 0.25) is 5.16 Å². The zero-order valence-electron chi connectivity index (χ0n) is 10.6. The van der Waals surface area contributed by atoms with Gasteiger partial charge in [-0.1, -0.05) is 23.4 Å². The van der Waals surface area contributed by atoms with Crippen LogP contribution in [0.5, 0.6) is 0 Å². The number of nitrogens with zero attached hydrogens (tertiary/aromatic N) is 5. The molecule has 1 aliphatic heterocycles. The molecule has 2 aromatic heterocycles. The van der Waals surface area contributed by atoms with E-state index in [1.807, 2.05) is 29.6 Å². The topological polar surface area (TPSA) is 56.0 Å². The summed E-state index contributed by atoms with van der Waals surface area (Å²) in [5.41, 5.74) is 1.88. The molecule has 0 N–H and O–H groups in total. The van der Waals surface area contributed by atoms with Gasteiger partial charge in [-0.3, -0.25) is 0 Å². The molecule has 0 amide bonds. The number of hydrogen-bond acceptors (Lipinski definition) is 6. The number of rotatable bonds is 2. The van der Waals surface area contributed by atoms with E-state index in [2.05, 4.69) is 20.3 Å². The minimum Gasteiger partial charge on any atom is -0.243 e. The standard InChI is InChI=1S/C13H8ClN5S2/c14-9-3-1-8(2-4-9)11-16-17-13-19(11)18-10(7-21-13)12-15-5-6-20-12/h1-6H,7H2. The third kappa shape index (κ3) is 2.37. The molecule has 0 aliphatic carbocycles. The van der Waals surface area contributed by atoms with Crippen molar-refractivity contribution < 1.29 is 0 Å². The van der Waals surface area contributed by atoms with Gasteiger partial charge in [0.05, 0.1) is 0 Å². The summed E-state index contributed by atoms with van der Waals surface area (Å²) in [5.74, 6) is 1.47. The molecule has 5 nitrogen and oxygen atoms in total. The summed E-state index contributed by atoms with van der Waals surface area (Å²) < 4.78 is 1.77. The molecule has 104 valence electrons. The van der Waals surface area contributed by atoms with Crippen LogP contribution in [0.4, 0.5) is 0 Å². The number of thioether (sulfide) groups is 1. The average Bonchev–Trinajstić information content (AvgIpc) is 3.17. The maximum Gasteiger partial charge on any atom is 0.212 e. The van der Waals surface area contributed by atoms with Gasteiger partial charge < -0.3 is 0 Å². The van der Waals surface area contributed by atoms with Gasteiger partial charge in [0, 0.05) is 27.9 Å². The van der Waals surface area contributed by atoms with E-state index in [9.17, 15) is 0 Å². The Kier molecular flexibility index (Phi) is 3.25. The predicted molar refractivity (Wildman–Crippen MR) is 85.2 cm³/mol. The van der Waals surface area contributed by atoms with Crippen LogP contribution >= 0.6 is 34.7 Å². The largest absolute Gasteiger partial charge is 0.243 e. The molecule has 3 heterocycles. The smallest absolute Gasteiger partial charge is 0.212 e. The third-order valence-corrected chi connectivity index (χ3v) is 4.96. The van der Waals surface area contributed by atoms with Crippen LogP contribution in [0.2, 0.25) is 5.02 Å². The predicted octanol–water partition coefficient (Wildman–Crippen LogP) is 3.41. The second kappa shape index (κ2) is 5.25. The summed E-state index contributed by atoms with van der Waals surface area (Å²) in [7, 11) is 0. The Bertz CT molecular complexity index is 808. The lowest BCUT2D eigenvalue weighted by Crippen LogP contribution is -2.13. The Morgan fingerprint density at radius 3 is 2.76 bits per heavy atom. The lowest BCUT2D eigenvalue weighted by molar-refractivity contribution is 0.762. The van der Waals surface area contributed by atoms with Crippen LogP contribution < -0.4 is 0 Å². The molecule has 0 spiro atoms. The summed E-state index contributed by atoms with van der Waals surface area (Å²) in [6, 6.07) is 7.49. The maximum atomic E-state index is 5.93. The van der Waals surface area contributed by atoms with Gasteiger partial charge in [-0.25, -0.2) is 4.98 Å². The zero-order chi connectivity index (χ0) is 14.2. The van der Waals surface area contributed by atoms with E-state index in [1.54, 1.807) is 34.0 Å². The Morgan fingerprint density at radius 1 is 1.14 bits per heavy atom. The minimum absolute atomic E-state index is 0.693. The summed E-state index contributed by atoms with van der Waals surface area (Å²) in [5, 5.41) is 17.4. The molecular formula is C13H8ClN5S2. The van der Waals surface area contributed by atoms with E-state index in [4.69, 9.17) is 11.6 Å². The fourth-order valence-electron chi connectivity index (χ4n) is 1.98. The Labute approximate surface area is 133 Å². The molecule has 0 bridgehead atoms. The normalized spacial score (nSPS) is 13.9. The summed E-state index contributed by atoms with van der Waals surface area (Å²) in [6.07, 6.45) is 1.79. The number of benzene rings is 1. The van der Waals surface area contributed by atoms with Gasteiger partial charge in [0.15, 0.2) is 5.82 Å². The van der Waals surface area contributed by atoms with Crippen LogP contribution in [0.25, 0.3) is 11.4 Å². The van der Waals surface area contributed by atoms with E-state index < -0.39 is 0 Å². The molecular weight excluding hydrogens is 326 g/mol. The number of aromatic nitrogens is 4. The van der Waals surface area contributed by atoms with E-state index >= 15 is 0 Å². The summed E-state index contributed by atoms with van der Waals surface area (Å²) in [4.78, 5) is 4.31. The van der Waals surface area contributed by atoms with E-state index in [0.717, 1.165) is 27.2 Å². The van der Waals surface area contributed by atoms with Gasteiger partial charge in [-0.15, -0.1) is 21.5 Å². The van der Waals surface area contributed by atoms with Crippen molar-refractivity contribution in [3.63, 3.8) is 0 Å². The molecule has 0 unspecified atom stereocenters. The van der Waals surface area contributed by atoms with Crippen molar-refractivity contribution in [1.82, 2.24) is 19.9 Å². The van der Waals surface area contributed by atoms with Crippen LogP contribution in [0.15, 0.2) is 46.1 Å². The van der Waals surface area contributed by atoms with Gasteiger partial charge in [-0.2, -0.15) is 9.78 Å². The first-order valence-corrected chi connectivity index (χ1v) is 8.37. The SMILES string of the molecule is Clc1ccc(-c2nnc3n2N=C(c2nccs2)CS3)cc1. The first kappa shape index (κ1) is 13.0. The zero-order valence-corrected chi connectivity index (χ0v) is 13.0. The quantitative estimate of drug-likeness (QED) is 0.721. The van der Waals surface area contributed by atoms with Crippen molar-refractivity contribution in [1.29, 1.82) is 0 Å². The Morgan fingerprint density at radius 2 is 2.00 bits per heavy atom. The number of halogens is 1. The molecule has 3 aromatic rings. The number of fused-ring (bicyclic) bond motifs is 1. The van der Waals surface area contributed by atoms with E-state index in [0.29, 0.717) is 10.8 Å². The monoisotopic (exact) mass is 333 g/mol. The number of hydrogen-bond donors (Lipinski definition) is 0. The molecule has 0 saturated heterocycles. The molecule has 0 radical (unpaired) electrons. The fraction of sp³-hybridized carbons (Fsp3) is 0.0769. The van der Waals surface area contributed by atoms with Crippen LogP contribution in [-0.2, 0) is 0 Å². The van der Waals surface area contributed by atoms with Crippen LogP contribution in [0, 0.1) is 0 Å². The molecule has 0 fully saturated rings. The second-order valence-electron chi connectivity index (χ2n) is 4.30. The van der Waals surface area contributed by atoms with Gasteiger partial charge >= 0.3 is 0 Å². The second-order valence-corrected chi connectivity index (χ2v) is 6.57. The van der Waals surface area contributed by atoms with Crippen LogP contribution in [-0.4, -0.2) is 31.3 Å². The van der Waals surface area contributed by atoms with Gasteiger partial charge in [0.1, 0.15) is 10.7 Å². The maximum absolute atomic E-state index is 5.93. The van der Waals surface area contributed by atoms with Crippen molar-refractivity contribution in [2.75, 3.05) is 5.75 Å². The minimum atomic E-state index is 0.693. The van der Waals surface area contributed by atoms with Gasteiger partial charge in [-0.05, 0) is 24.3 Å². The Balaban J connectivity index is 1.81.